The van der Waals surface area contributed by atoms with Crippen LogP contribution in [0.5, 0.6) is 5.75 Å². The van der Waals surface area contributed by atoms with Gasteiger partial charge in [-0.2, -0.15) is 0 Å². The molecule has 1 N–H and O–H groups in total. The monoisotopic (exact) mass is 414 g/mol. The lowest BCUT2D eigenvalue weighted by Crippen LogP contribution is -2.52. The third-order valence-electron chi connectivity index (χ3n) is 5.51. The maximum absolute atomic E-state index is 13.2. The Balaban J connectivity index is 1.56. The molecule has 1 amide bonds. The van der Waals surface area contributed by atoms with Crippen molar-refractivity contribution in [2.45, 2.75) is 50.0 Å². The van der Waals surface area contributed by atoms with Gasteiger partial charge in [0.2, 0.25) is 10.0 Å². The number of nitrogens with zero attached hydrogens (tertiary/aromatic N) is 1. The molecule has 0 bridgehead atoms. The van der Waals surface area contributed by atoms with E-state index in [1.54, 1.807) is 36.4 Å². The summed E-state index contributed by atoms with van der Waals surface area (Å²) in [7, 11) is -3.68. The highest BCUT2D eigenvalue weighted by Gasteiger charge is 2.37. The van der Waals surface area contributed by atoms with E-state index in [2.05, 4.69) is 5.32 Å². The van der Waals surface area contributed by atoms with Crippen molar-refractivity contribution >= 4 is 21.6 Å². The van der Waals surface area contributed by atoms with Crippen molar-refractivity contribution in [3.05, 3.63) is 60.2 Å². The molecule has 6 nitrogen and oxygen atoms in total. The molecule has 2 aliphatic rings. The molecule has 2 aromatic rings. The Hall–Kier alpha value is -2.54. The maximum Gasteiger partial charge on any atom is 0.263 e. The van der Waals surface area contributed by atoms with E-state index in [1.165, 1.54) is 10.7 Å². The fraction of sp³-hybridized carbons (Fsp3) is 0.409. The van der Waals surface area contributed by atoms with Gasteiger partial charge in [-0.1, -0.05) is 61.7 Å². The summed E-state index contributed by atoms with van der Waals surface area (Å²) in [6, 6.07) is 16.2. The van der Waals surface area contributed by atoms with Gasteiger partial charge in [0.1, 0.15) is 5.75 Å². The molecule has 1 aliphatic carbocycles. The SMILES string of the molecule is O=C(NC1CCCCC1)[C@H]1CN(S(=O)(=O)Cc2ccccc2)c2ccccc2O1. The zero-order valence-electron chi connectivity index (χ0n) is 16.3. The molecule has 4 rings (SSSR count). The van der Waals surface area contributed by atoms with Gasteiger partial charge < -0.3 is 10.1 Å². The Bertz CT molecular complexity index is 956. The van der Waals surface area contributed by atoms with Crippen molar-refractivity contribution in [2.24, 2.45) is 0 Å². The van der Waals surface area contributed by atoms with Gasteiger partial charge in [0.15, 0.2) is 6.10 Å². The van der Waals surface area contributed by atoms with Crippen LogP contribution in [0.2, 0.25) is 0 Å². The lowest BCUT2D eigenvalue weighted by Gasteiger charge is -2.35. The minimum absolute atomic E-state index is 0.0231. The van der Waals surface area contributed by atoms with Crippen LogP contribution in [0, 0.1) is 0 Å². The van der Waals surface area contributed by atoms with Crippen molar-refractivity contribution in [1.82, 2.24) is 5.32 Å². The highest BCUT2D eigenvalue weighted by Crippen LogP contribution is 2.36. The smallest absolute Gasteiger partial charge is 0.263 e. The summed E-state index contributed by atoms with van der Waals surface area (Å²) < 4.78 is 33.6. The van der Waals surface area contributed by atoms with Crippen LogP contribution >= 0.6 is 0 Å². The van der Waals surface area contributed by atoms with Crippen LogP contribution < -0.4 is 14.4 Å². The molecular weight excluding hydrogens is 388 g/mol. The minimum Gasteiger partial charge on any atom is -0.476 e. The van der Waals surface area contributed by atoms with E-state index in [-0.39, 0.29) is 24.2 Å². The van der Waals surface area contributed by atoms with Gasteiger partial charge in [-0.25, -0.2) is 8.42 Å². The Morgan fingerprint density at radius 1 is 1.00 bits per heavy atom. The Morgan fingerprint density at radius 2 is 1.69 bits per heavy atom. The van der Waals surface area contributed by atoms with E-state index >= 15 is 0 Å². The molecule has 1 atom stereocenters. The van der Waals surface area contributed by atoms with E-state index in [0.29, 0.717) is 17.0 Å². The number of carbonyl (C=O) groups excluding carboxylic acids is 1. The lowest BCUT2D eigenvalue weighted by atomic mass is 9.95. The van der Waals surface area contributed by atoms with Crippen molar-refractivity contribution < 1.29 is 17.9 Å². The van der Waals surface area contributed by atoms with Crippen molar-refractivity contribution in [3.8, 4) is 5.75 Å². The summed E-state index contributed by atoms with van der Waals surface area (Å²) >= 11 is 0. The third-order valence-corrected chi connectivity index (χ3v) is 7.22. The minimum atomic E-state index is -3.68. The zero-order valence-corrected chi connectivity index (χ0v) is 17.1. The molecule has 29 heavy (non-hydrogen) atoms. The molecule has 1 heterocycles. The van der Waals surface area contributed by atoms with Crippen LogP contribution in [0.15, 0.2) is 54.6 Å². The Kier molecular flexibility index (Phi) is 5.76. The molecule has 154 valence electrons. The first-order chi connectivity index (χ1) is 14.0. The Labute approximate surface area is 171 Å². The second kappa shape index (κ2) is 8.45. The van der Waals surface area contributed by atoms with Gasteiger partial charge >= 0.3 is 0 Å². The number of sulfonamides is 1. The van der Waals surface area contributed by atoms with Crippen LogP contribution in [0.3, 0.4) is 0 Å². The summed E-state index contributed by atoms with van der Waals surface area (Å²) in [6.45, 7) is -0.0231. The summed E-state index contributed by atoms with van der Waals surface area (Å²) in [5.41, 5.74) is 1.19. The predicted molar refractivity (Wildman–Crippen MR) is 112 cm³/mol. The number of hydrogen-bond acceptors (Lipinski definition) is 4. The molecule has 2 aromatic carbocycles. The zero-order chi connectivity index (χ0) is 20.3. The summed E-state index contributed by atoms with van der Waals surface area (Å²) in [5, 5.41) is 3.06. The highest BCUT2D eigenvalue weighted by molar-refractivity contribution is 7.92. The number of anilines is 1. The van der Waals surface area contributed by atoms with Gasteiger partial charge in [0, 0.05) is 6.04 Å². The van der Waals surface area contributed by atoms with E-state index < -0.39 is 16.1 Å². The predicted octanol–water partition coefficient (Wildman–Crippen LogP) is 3.23. The first kappa shape index (κ1) is 19.8. The number of hydrogen-bond donors (Lipinski definition) is 1. The number of fused-ring (bicyclic) bond motifs is 1. The number of nitrogens with one attached hydrogen (secondary N) is 1. The highest BCUT2D eigenvalue weighted by atomic mass is 32.2. The normalized spacial score (nSPS) is 19.9. The molecule has 7 heteroatoms. The average Bonchev–Trinajstić information content (AvgIpc) is 2.74. The van der Waals surface area contributed by atoms with Crippen molar-refractivity contribution in [1.29, 1.82) is 0 Å². The first-order valence-electron chi connectivity index (χ1n) is 10.1. The van der Waals surface area contributed by atoms with Gasteiger partial charge in [-0.3, -0.25) is 9.10 Å². The van der Waals surface area contributed by atoms with Gasteiger partial charge in [0.25, 0.3) is 5.91 Å². The van der Waals surface area contributed by atoms with E-state index in [0.717, 1.165) is 25.7 Å². The van der Waals surface area contributed by atoms with Crippen molar-refractivity contribution in [3.63, 3.8) is 0 Å². The molecule has 0 saturated heterocycles. The third kappa shape index (κ3) is 4.56. The quantitative estimate of drug-likeness (QED) is 0.815. The molecule has 0 radical (unpaired) electrons. The topological polar surface area (TPSA) is 75.7 Å². The summed E-state index contributed by atoms with van der Waals surface area (Å²) in [6.07, 6.45) is 4.48. The van der Waals surface area contributed by atoms with Gasteiger partial charge in [0.05, 0.1) is 18.0 Å². The fourth-order valence-electron chi connectivity index (χ4n) is 4.01. The van der Waals surface area contributed by atoms with Crippen LogP contribution in [0.4, 0.5) is 5.69 Å². The standard InChI is InChI=1S/C22H26N2O4S/c25-22(23-18-11-5-2-6-12-18)21-15-24(19-13-7-8-14-20(19)28-21)29(26,27)16-17-9-3-1-4-10-17/h1,3-4,7-10,13-14,18,21H,2,5-6,11-12,15-16H2,(H,23,25)/t21-/m1/s1. The molecule has 1 saturated carbocycles. The van der Waals surface area contributed by atoms with E-state index in [1.807, 2.05) is 18.2 Å². The summed E-state index contributed by atoms with van der Waals surface area (Å²) in [4.78, 5) is 12.8. The Morgan fingerprint density at radius 3 is 2.45 bits per heavy atom. The average molecular weight is 415 g/mol. The molecular formula is C22H26N2O4S. The number of benzene rings is 2. The second-order valence-electron chi connectivity index (χ2n) is 7.69. The van der Waals surface area contributed by atoms with Crippen LogP contribution in [0.1, 0.15) is 37.7 Å². The maximum atomic E-state index is 13.2. The molecule has 0 unspecified atom stereocenters. The van der Waals surface area contributed by atoms with Crippen molar-refractivity contribution in [2.75, 3.05) is 10.8 Å². The molecule has 1 fully saturated rings. The number of amides is 1. The summed E-state index contributed by atoms with van der Waals surface area (Å²) in [5.74, 6) is 0.0459. The number of ether oxygens (including phenoxy) is 1. The number of para-hydroxylation sites is 2. The molecule has 1 aliphatic heterocycles. The molecule has 0 aromatic heterocycles. The lowest BCUT2D eigenvalue weighted by molar-refractivity contribution is -0.128. The van der Waals surface area contributed by atoms with Crippen LogP contribution in [-0.2, 0) is 20.6 Å². The number of rotatable bonds is 5. The molecule has 0 spiro atoms. The fourth-order valence-corrected chi connectivity index (χ4v) is 5.59. The second-order valence-corrected chi connectivity index (χ2v) is 9.58. The van der Waals surface area contributed by atoms with Crippen LogP contribution in [0.25, 0.3) is 0 Å². The number of carbonyl (C=O) groups is 1. The van der Waals surface area contributed by atoms with E-state index in [4.69, 9.17) is 4.74 Å². The van der Waals surface area contributed by atoms with Crippen LogP contribution in [-0.4, -0.2) is 33.0 Å². The van der Waals surface area contributed by atoms with Gasteiger partial charge in [-0.05, 0) is 30.5 Å². The first-order valence-corrected chi connectivity index (χ1v) is 11.7. The van der Waals surface area contributed by atoms with Gasteiger partial charge in [-0.15, -0.1) is 0 Å². The largest absolute Gasteiger partial charge is 0.476 e. The van der Waals surface area contributed by atoms with E-state index in [9.17, 15) is 13.2 Å².